The van der Waals surface area contributed by atoms with Crippen molar-refractivity contribution in [1.82, 2.24) is 0 Å². The maximum atomic E-state index is 12.7. The summed E-state index contributed by atoms with van der Waals surface area (Å²) >= 11 is 0. The molecule has 0 rings (SSSR count). The summed E-state index contributed by atoms with van der Waals surface area (Å²) in [6.07, 6.45) is 43.5. The molecule has 0 heterocycles. The highest BCUT2D eigenvalue weighted by atomic mass is 31.2. The van der Waals surface area contributed by atoms with Crippen LogP contribution in [0.3, 0.4) is 0 Å². The third kappa shape index (κ3) is 41.6. The molecule has 0 fully saturated rings. The van der Waals surface area contributed by atoms with Crippen molar-refractivity contribution >= 4 is 19.8 Å². The van der Waals surface area contributed by atoms with Crippen LogP contribution in [0.15, 0.2) is 97.2 Å². The predicted molar refractivity (Wildman–Crippen MR) is 243 cm³/mol. The first-order chi connectivity index (χ1) is 28.8. The lowest BCUT2D eigenvalue weighted by Gasteiger charge is -2.28. The van der Waals surface area contributed by atoms with E-state index in [1.165, 1.54) is 19.3 Å². The maximum absolute atomic E-state index is 12.7. The largest absolute Gasteiger partial charge is 0.756 e. The zero-order valence-corrected chi connectivity index (χ0v) is 38.5. The van der Waals surface area contributed by atoms with Gasteiger partial charge in [0.25, 0.3) is 7.82 Å². The van der Waals surface area contributed by atoms with Crippen LogP contribution in [0.4, 0.5) is 0 Å². The molecule has 0 aromatic rings. The van der Waals surface area contributed by atoms with Crippen molar-refractivity contribution in [3.05, 3.63) is 97.2 Å². The van der Waals surface area contributed by atoms with Crippen LogP contribution < -0.4 is 4.89 Å². The van der Waals surface area contributed by atoms with Gasteiger partial charge in [-0.3, -0.25) is 14.2 Å². The quantitative estimate of drug-likeness (QED) is 0.0153. The maximum Gasteiger partial charge on any atom is 0.306 e. The van der Waals surface area contributed by atoms with E-state index in [4.69, 9.17) is 18.5 Å². The molecule has 0 aliphatic rings. The Balaban J connectivity index is 4.68. The van der Waals surface area contributed by atoms with Crippen molar-refractivity contribution in [3.8, 4) is 0 Å². The van der Waals surface area contributed by atoms with E-state index in [0.29, 0.717) is 36.7 Å². The number of esters is 2. The van der Waals surface area contributed by atoms with Gasteiger partial charge in [0, 0.05) is 12.8 Å². The van der Waals surface area contributed by atoms with Gasteiger partial charge >= 0.3 is 11.9 Å². The van der Waals surface area contributed by atoms with Crippen LogP contribution in [-0.2, 0) is 32.7 Å². The Morgan fingerprint density at radius 2 is 1.22 bits per heavy atom. The van der Waals surface area contributed by atoms with Gasteiger partial charge in [0.2, 0.25) is 0 Å². The number of hydrogen-bond donors (Lipinski definition) is 2. The van der Waals surface area contributed by atoms with Crippen molar-refractivity contribution in [1.29, 1.82) is 0 Å². The first-order valence-electron chi connectivity index (χ1n) is 22.2. The van der Waals surface area contributed by atoms with E-state index >= 15 is 0 Å². The van der Waals surface area contributed by atoms with Gasteiger partial charge in [-0.2, -0.15) is 0 Å². The highest BCUT2D eigenvalue weighted by Crippen LogP contribution is 2.38. The highest BCUT2D eigenvalue weighted by molar-refractivity contribution is 7.45. The summed E-state index contributed by atoms with van der Waals surface area (Å²) in [4.78, 5) is 37.6. The molecular weight excluding hydrogens is 781 g/mol. The fourth-order valence-electron chi connectivity index (χ4n) is 5.25. The molecule has 0 aromatic carbocycles. The first-order valence-corrected chi connectivity index (χ1v) is 23.6. The second-order valence-electron chi connectivity index (χ2n) is 15.7. The molecule has 0 saturated heterocycles. The summed E-state index contributed by atoms with van der Waals surface area (Å²) in [7, 11) is 0.993. The third-order valence-electron chi connectivity index (χ3n) is 8.78. The number of phosphoric ester groups is 1. The van der Waals surface area contributed by atoms with Crippen molar-refractivity contribution < 1.29 is 52.3 Å². The van der Waals surface area contributed by atoms with Gasteiger partial charge in [-0.25, -0.2) is 0 Å². The Morgan fingerprint density at radius 3 is 1.85 bits per heavy atom. The molecule has 0 spiro atoms. The fraction of sp³-hybridized carbons (Fsp3) is 0.625. The van der Waals surface area contributed by atoms with Gasteiger partial charge in [0.15, 0.2) is 6.10 Å². The lowest BCUT2D eigenvalue weighted by Crippen LogP contribution is -2.37. The number of unbranched alkanes of at least 4 members (excludes halogenated alkanes) is 7. The molecule has 0 aliphatic carbocycles. The summed E-state index contributed by atoms with van der Waals surface area (Å²) in [5.41, 5.74) is 0. The summed E-state index contributed by atoms with van der Waals surface area (Å²) in [5.74, 6) is -1.12. The minimum atomic E-state index is -4.70. The monoisotopic (exact) mass is 862 g/mol. The summed E-state index contributed by atoms with van der Waals surface area (Å²) in [5, 5.41) is 20.3. The molecule has 0 saturated carbocycles. The van der Waals surface area contributed by atoms with Gasteiger partial charge in [-0.15, -0.1) is 0 Å². The molecule has 0 aliphatic heterocycles. The molecule has 2 N–H and O–H groups in total. The fourth-order valence-corrected chi connectivity index (χ4v) is 5.98. The van der Waals surface area contributed by atoms with Crippen molar-refractivity contribution in [2.45, 2.75) is 148 Å². The van der Waals surface area contributed by atoms with E-state index in [1.54, 1.807) is 36.5 Å². The number of ether oxygens (including phenoxy) is 2. The minimum absolute atomic E-state index is 0.00502. The SMILES string of the molecule is CC/C=C\C/C=C\C/C=C\C/C=C\CCCCCCC(=O)O[C@H](COC(=O)CCC[C@H](O)\C=C/C=C/C=C/[C@H](O)C/C=C\CCCCC)COP(=O)([O-])OCC[N+](C)(C)C. The van der Waals surface area contributed by atoms with Crippen LogP contribution in [0.2, 0.25) is 0 Å². The minimum Gasteiger partial charge on any atom is -0.756 e. The average Bonchev–Trinajstić information content (AvgIpc) is 3.19. The molecule has 12 heteroatoms. The van der Waals surface area contributed by atoms with Gasteiger partial charge in [-0.05, 0) is 77.0 Å². The van der Waals surface area contributed by atoms with Gasteiger partial charge in [0.05, 0.1) is 40.0 Å². The van der Waals surface area contributed by atoms with Gasteiger partial charge in [-0.1, -0.05) is 137 Å². The molecule has 11 nitrogen and oxygen atoms in total. The van der Waals surface area contributed by atoms with Crippen LogP contribution in [0.5, 0.6) is 0 Å². The van der Waals surface area contributed by atoms with E-state index in [9.17, 15) is 29.3 Å². The summed E-state index contributed by atoms with van der Waals surface area (Å²) in [6, 6.07) is 0. The van der Waals surface area contributed by atoms with Crippen LogP contribution >= 0.6 is 7.82 Å². The Morgan fingerprint density at radius 1 is 0.650 bits per heavy atom. The number of likely N-dealkylation sites (N-methyl/N-ethyl adjacent to an activating group) is 1. The molecule has 0 radical (unpaired) electrons. The second kappa shape index (κ2) is 38.7. The Kier molecular flexibility index (Phi) is 36.7. The standard InChI is InChI=1S/C48H80NO10P/c1-6-8-10-12-14-15-16-17-18-19-20-21-22-23-24-26-32-38-48(53)59-46(43-58-60(54,55)57-41-40-49(3,4)5)42-56-47(52)39-33-37-45(51)36-31-28-27-30-35-44(50)34-29-25-13-11-9-7-2/h8,10,14-15,17-18,20-21,25,27-31,35-36,44-46,50-51H,6-7,9,11-13,16,19,22-24,26,32-34,37-43H2,1-5H3/b10-8-,15-14-,18-17-,21-20-,28-27+,29-25-,35-30+,36-31-/t44-,45-,46-/m1/s1. The summed E-state index contributed by atoms with van der Waals surface area (Å²) < 4.78 is 33.7. The number of hydrogen-bond acceptors (Lipinski definition) is 10. The topological polar surface area (TPSA) is 152 Å². The number of carbonyl (C=O) groups excluding carboxylic acids is 2. The number of carbonyl (C=O) groups is 2. The smallest absolute Gasteiger partial charge is 0.306 e. The molecule has 342 valence electrons. The Bertz CT molecular complexity index is 1380. The Labute approximate surface area is 363 Å². The number of rotatable bonds is 38. The molecular formula is C48H80NO10P. The lowest BCUT2D eigenvalue weighted by molar-refractivity contribution is -0.870. The Hall–Kier alpha value is -3.15. The first kappa shape index (κ1) is 56.9. The van der Waals surface area contributed by atoms with Crippen LogP contribution in [0.1, 0.15) is 129 Å². The van der Waals surface area contributed by atoms with Crippen molar-refractivity contribution in [2.24, 2.45) is 0 Å². The number of quaternary nitrogens is 1. The normalized spacial score (nSPS) is 15.5. The van der Waals surface area contributed by atoms with E-state index in [2.05, 4.69) is 68.5 Å². The average molecular weight is 862 g/mol. The molecule has 0 bridgehead atoms. The van der Waals surface area contributed by atoms with Crippen molar-refractivity contribution in [3.63, 3.8) is 0 Å². The van der Waals surface area contributed by atoms with E-state index in [0.717, 1.165) is 57.8 Å². The highest BCUT2D eigenvalue weighted by Gasteiger charge is 2.22. The van der Waals surface area contributed by atoms with Crippen molar-refractivity contribution in [2.75, 3.05) is 47.5 Å². The van der Waals surface area contributed by atoms with E-state index in [1.807, 2.05) is 27.2 Å². The zero-order chi connectivity index (χ0) is 44.6. The number of phosphoric acid groups is 1. The predicted octanol–water partition coefficient (Wildman–Crippen LogP) is 9.88. The van der Waals surface area contributed by atoms with Gasteiger partial charge in [0.1, 0.15) is 19.8 Å². The van der Waals surface area contributed by atoms with E-state index < -0.39 is 44.7 Å². The number of aliphatic hydroxyl groups excluding tert-OH is 2. The van der Waals surface area contributed by atoms with Crippen LogP contribution in [0, 0.1) is 0 Å². The summed E-state index contributed by atoms with van der Waals surface area (Å²) in [6.45, 7) is 3.71. The van der Waals surface area contributed by atoms with Gasteiger partial charge < -0.3 is 38.1 Å². The third-order valence-corrected chi connectivity index (χ3v) is 9.74. The second-order valence-corrected chi connectivity index (χ2v) is 17.1. The van der Waals surface area contributed by atoms with E-state index in [-0.39, 0.29) is 26.1 Å². The molecule has 0 aromatic heterocycles. The van der Waals surface area contributed by atoms with Crippen LogP contribution in [0.25, 0.3) is 0 Å². The van der Waals surface area contributed by atoms with Crippen LogP contribution in [-0.4, -0.2) is 92.5 Å². The number of aliphatic hydroxyl groups is 2. The molecule has 60 heavy (non-hydrogen) atoms. The molecule has 0 amide bonds. The molecule has 4 atom stereocenters. The number of allylic oxidation sites excluding steroid dienone is 13. The zero-order valence-electron chi connectivity index (χ0n) is 37.6. The lowest BCUT2D eigenvalue weighted by atomic mass is 10.1. The number of nitrogens with zero attached hydrogens (tertiary/aromatic N) is 1. The molecule has 1 unspecified atom stereocenters.